The molecule has 0 aromatic carbocycles. The Labute approximate surface area is 62.8 Å². The largest absolute Gasteiger partial charge is 0.465 e. The van der Waals surface area contributed by atoms with Crippen LogP contribution in [-0.4, -0.2) is 42.0 Å². The molecule has 0 aromatic heterocycles. The van der Waals surface area contributed by atoms with Gasteiger partial charge in [-0.05, 0) is 0 Å². The minimum Gasteiger partial charge on any atom is -0.465 e. The molecule has 6 nitrogen and oxygen atoms in total. The van der Waals surface area contributed by atoms with Gasteiger partial charge in [0.25, 0.3) is 0 Å². The van der Waals surface area contributed by atoms with Crippen molar-refractivity contribution in [2.45, 2.75) is 0 Å². The van der Waals surface area contributed by atoms with E-state index in [0.717, 1.165) is 0 Å². The molecule has 0 atom stereocenters. The third kappa shape index (κ3) is 6.59. The molecule has 6 heteroatoms. The molecule has 0 bridgehead atoms. The van der Waals surface area contributed by atoms with Gasteiger partial charge in [0.05, 0.1) is 6.61 Å². The van der Waals surface area contributed by atoms with Gasteiger partial charge in [0, 0.05) is 0 Å². The predicted molar refractivity (Wildman–Crippen MR) is 34.1 cm³/mol. The number of aliphatic hydroxyl groups is 1. The normalized spacial score (nSPS) is 8.82. The van der Waals surface area contributed by atoms with E-state index >= 15 is 0 Å². The number of aliphatic hydroxyl groups excluding tert-OH is 1. The molecule has 0 aliphatic heterocycles. The van der Waals surface area contributed by atoms with E-state index in [1.54, 1.807) is 0 Å². The molecule has 0 unspecified atom stereocenters. The summed E-state index contributed by atoms with van der Waals surface area (Å²) < 4.78 is 4.33. The molecule has 64 valence electrons. The standard InChI is InChI=1S/C5H9NO5/c7-1-2-11-4(8)3-6-5(9)10/h6-7H,1-3H2,(H,9,10). The first kappa shape index (κ1) is 9.70. The van der Waals surface area contributed by atoms with E-state index in [1.807, 2.05) is 5.32 Å². The minimum atomic E-state index is -1.29. The van der Waals surface area contributed by atoms with Crippen LogP contribution in [0.3, 0.4) is 0 Å². The number of nitrogens with one attached hydrogen (secondary N) is 1. The highest BCUT2D eigenvalue weighted by Crippen LogP contribution is 1.75. The predicted octanol–water partition coefficient (Wildman–Crippen LogP) is -1.21. The molecule has 0 fully saturated rings. The summed E-state index contributed by atoms with van der Waals surface area (Å²) in [5.41, 5.74) is 0. The SMILES string of the molecule is O=C(O)NCC(=O)OCCO. The van der Waals surface area contributed by atoms with Crippen LogP contribution < -0.4 is 5.32 Å². The highest BCUT2D eigenvalue weighted by atomic mass is 16.5. The molecular formula is C5H9NO5. The summed E-state index contributed by atoms with van der Waals surface area (Å²) >= 11 is 0. The second-order valence-corrected chi connectivity index (χ2v) is 1.60. The van der Waals surface area contributed by atoms with Gasteiger partial charge in [0.1, 0.15) is 13.2 Å². The van der Waals surface area contributed by atoms with Crippen LogP contribution in [0.15, 0.2) is 0 Å². The van der Waals surface area contributed by atoms with E-state index in [4.69, 9.17) is 10.2 Å². The third-order valence-corrected chi connectivity index (χ3v) is 0.738. The summed E-state index contributed by atoms with van der Waals surface area (Å²) in [5.74, 6) is -0.707. The number of rotatable bonds is 4. The molecule has 3 N–H and O–H groups in total. The number of ether oxygens (including phenoxy) is 1. The lowest BCUT2D eigenvalue weighted by Gasteiger charge is -2.01. The Balaban J connectivity index is 3.30. The molecule has 0 saturated heterocycles. The van der Waals surface area contributed by atoms with Crippen molar-refractivity contribution in [2.75, 3.05) is 19.8 Å². The van der Waals surface area contributed by atoms with Crippen LogP contribution >= 0.6 is 0 Å². The van der Waals surface area contributed by atoms with Crippen molar-refractivity contribution in [3.8, 4) is 0 Å². The Morgan fingerprint density at radius 2 is 2.09 bits per heavy atom. The quantitative estimate of drug-likeness (QED) is 0.452. The van der Waals surface area contributed by atoms with Gasteiger partial charge in [-0.15, -0.1) is 0 Å². The smallest absolute Gasteiger partial charge is 0.405 e. The monoisotopic (exact) mass is 163 g/mol. The Bertz CT molecular complexity index is 146. The average Bonchev–Trinajstić information content (AvgIpc) is 1.97. The van der Waals surface area contributed by atoms with Gasteiger partial charge in [0.15, 0.2) is 0 Å². The first-order valence-electron chi connectivity index (χ1n) is 2.90. The molecule has 0 saturated carbocycles. The fourth-order valence-electron chi connectivity index (χ4n) is 0.358. The molecule has 0 spiro atoms. The molecule has 0 rings (SSSR count). The molecule has 0 radical (unpaired) electrons. The zero-order valence-electron chi connectivity index (χ0n) is 5.74. The van der Waals surface area contributed by atoms with E-state index in [2.05, 4.69) is 4.74 Å². The molecule has 1 amide bonds. The van der Waals surface area contributed by atoms with Gasteiger partial charge in [-0.3, -0.25) is 4.79 Å². The number of amides is 1. The maximum Gasteiger partial charge on any atom is 0.405 e. The van der Waals surface area contributed by atoms with Gasteiger partial charge < -0.3 is 20.3 Å². The van der Waals surface area contributed by atoms with Crippen molar-refractivity contribution in [1.82, 2.24) is 5.32 Å². The number of carbonyl (C=O) groups excluding carboxylic acids is 1. The third-order valence-electron chi connectivity index (χ3n) is 0.738. The Hall–Kier alpha value is -1.30. The highest BCUT2D eigenvalue weighted by molar-refractivity contribution is 5.76. The van der Waals surface area contributed by atoms with E-state index < -0.39 is 18.6 Å². The van der Waals surface area contributed by atoms with Crippen LogP contribution in [-0.2, 0) is 9.53 Å². The molecule has 0 heterocycles. The molecular weight excluding hydrogens is 154 g/mol. The molecule has 11 heavy (non-hydrogen) atoms. The highest BCUT2D eigenvalue weighted by Gasteiger charge is 2.02. The van der Waals surface area contributed by atoms with Crippen LogP contribution in [0.4, 0.5) is 4.79 Å². The summed E-state index contributed by atoms with van der Waals surface area (Å²) in [7, 11) is 0. The zero-order chi connectivity index (χ0) is 8.69. The van der Waals surface area contributed by atoms with Crippen LogP contribution in [0.1, 0.15) is 0 Å². The molecule has 0 aliphatic rings. The van der Waals surface area contributed by atoms with Crippen LogP contribution in [0.5, 0.6) is 0 Å². The number of hydrogen-bond acceptors (Lipinski definition) is 4. The zero-order valence-corrected chi connectivity index (χ0v) is 5.74. The Morgan fingerprint density at radius 1 is 1.45 bits per heavy atom. The van der Waals surface area contributed by atoms with Gasteiger partial charge >= 0.3 is 12.1 Å². The average molecular weight is 163 g/mol. The van der Waals surface area contributed by atoms with Crippen molar-refractivity contribution in [1.29, 1.82) is 0 Å². The van der Waals surface area contributed by atoms with Gasteiger partial charge in [-0.1, -0.05) is 0 Å². The van der Waals surface area contributed by atoms with Crippen LogP contribution in [0, 0.1) is 0 Å². The van der Waals surface area contributed by atoms with E-state index in [1.165, 1.54) is 0 Å². The maximum atomic E-state index is 10.4. The lowest BCUT2D eigenvalue weighted by Crippen LogP contribution is -2.29. The van der Waals surface area contributed by atoms with Gasteiger partial charge in [-0.2, -0.15) is 0 Å². The topological polar surface area (TPSA) is 95.9 Å². The maximum absolute atomic E-state index is 10.4. The Morgan fingerprint density at radius 3 is 2.55 bits per heavy atom. The second-order valence-electron chi connectivity index (χ2n) is 1.60. The summed E-state index contributed by atoms with van der Waals surface area (Å²) in [6.07, 6.45) is -1.29. The summed E-state index contributed by atoms with van der Waals surface area (Å²) in [6.45, 7) is -0.770. The number of esters is 1. The summed E-state index contributed by atoms with van der Waals surface area (Å²) in [4.78, 5) is 20.3. The first-order chi connectivity index (χ1) is 5.16. The van der Waals surface area contributed by atoms with Crippen LogP contribution in [0.2, 0.25) is 0 Å². The number of carboxylic acid groups (broad SMARTS) is 1. The van der Waals surface area contributed by atoms with E-state index in [-0.39, 0.29) is 13.2 Å². The lowest BCUT2D eigenvalue weighted by atomic mass is 10.6. The van der Waals surface area contributed by atoms with Crippen molar-refractivity contribution in [2.24, 2.45) is 0 Å². The number of hydrogen-bond donors (Lipinski definition) is 3. The summed E-state index contributed by atoms with van der Waals surface area (Å²) in [6, 6.07) is 0. The van der Waals surface area contributed by atoms with Gasteiger partial charge in [-0.25, -0.2) is 4.79 Å². The fourth-order valence-corrected chi connectivity index (χ4v) is 0.358. The van der Waals surface area contributed by atoms with Crippen LogP contribution in [0.25, 0.3) is 0 Å². The molecule has 0 aromatic rings. The van der Waals surface area contributed by atoms with Crippen molar-refractivity contribution in [3.05, 3.63) is 0 Å². The van der Waals surface area contributed by atoms with Gasteiger partial charge in [0.2, 0.25) is 0 Å². The number of carbonyl (C=O) groups is 2. The minimum absolute atomic E-state index is 0.111. The van der Waals surface area contributed by atoms with Crippen molar-refractivity contribution >= 4 is 12.1 Å². The summed E-state index contributed by atoms with van der Waals surface area (Å²) in [5, 5.41) is 18.0. The molecule has 0 aliphatic carbocycles. The van der Waals surface area contributed by atoms with Crippen molar-refractivity contribution < 1.29 is 24.5 Å². The Kier molecular flexibility index (Phi) is 4.83. The fraction of sp³-hybridized carbons (Fsp3) is 0.600. The van der Waals surface area contributed by atoms with Crippen molar-refractivity contribution in [3.63, 3.8) is 0 Å². The first-order valence-corrected chi connectivity index (χ1v) is 2.90. The van der Waals surface area contributed by atoms with E-state index in [9.17, 15) is 9.59 Å². The second kappa shape index (κ2) is 5.48. The lowest BCUT2D eigenvalue weighted by molar-refractivity contribution is -0.143. The van der Waals surface area contributed by atoms with E-state index in [0.29, 0.717) is 0 Å².